The van der Waals surface area contributed by atoms with Gasteiger partial charge in [0.2, 0.25) is 0 Å². The minimum Gasteiger partial charge on any atom is -0.271 e. The first-order valence-electron chi connectivity index (χ1n) is 6.33. The minimum atomic E-state index is -0.366. The van der Waals surface area contributed by atoms with Crippen LogP contribution in [0.15, 0.2) is 29.0 Å². The zero-order valence-corrected chi connectivity index (χ0v) is 12.9. The number of hydrogen-bond donors (Lipinski definition) is 2. The third kappa shape index (κ3) is 3.05. The molecule has 0 amide bonds. The van der Waals surface area contributed by atoms with E-state index in [1.165, 1.54) is 6.33 Å². The van der Waals surface area contributed by atoms with Crippen LogP contribution in [0, 0.1) is 5.82 Å². The lowest BCUT2D eigenvalue weighted by Crippen LogP contribution is -2.31. The Kier molecular flexibility index (Phi) is 4.85. The number of rotatable bonds is 5. The van der Waals surface area contributed by atoms with Gasteiger partial charge >= 0.3 is 0 Å². The third-order valence-corrected chi connectivity index (χ3v) is 3.69. The normalized spacial score (nSPS) is 12.9. The van der Waals surface area contributed by atoms with Crippen molar-refractivity contribution in [2.45, 2.75) is 32.4 Å². The van der Waals surface area contributed by atoms with E-state index in [1.54, 1.807) is 22.9 Å². The molecule has 2 rings (SSSR count). The maximum Gasteiger partial charge on any atom is 0.142 e. The molecular formula is C13H17BrFN5. The molecule has 0 saturated carbocycles. The fraction of sp³-hybridized carbons (Fsp3) is 0.385. The van der Waals surface area contributed by atoms with Crippen molar-refractivity contribution < 1.29 is 4.39 Å². The third-order valence-electron chi connectivity index (χ3n) is 3.08. The molecule has 0 aliphatic rings. The van der Waals surface area contributed by atoms with Gasteiger partial charge in [0.15, 0.2) is 0 Å². The summed E-state index contributed by atoms with van der Waals surface area (Å²) in [7, 11) is 0. The molecule has 1 aromatic carbocycles. The molecular weight excluding hydrogens is 325 g/mol. The van der Waals surface area contributed by atoms with Crippen molar-refractivity contribution in [3.05, 3.63) is 46.2 Å². The predicted octanol–water partition coefficient (Wildman–Crippen LogP) is 2.51. The number of hydrogen-bond acceptors (Lipinski definition) is 4. The Bertz CT molecular complexity index is 584. The molecule has 0 spiro atoms. The average molecular weight is 342 g/mol. The fourth-order valence-corrected chi connectivity index (χ4v) is 2.46. The van der Waals surface area contributed by atoms with Crippen LogP contribution in [0.4, 0.5) is 4.39 Å². The van der Waals surface area contributed by atoms with Crippen LogP contribution in [0.5, 0.6) is 0 Å². The number of aromatic nitrogens is 3. The summed E-state index contributed by atoms with van der Waals surface area (Å²) in [5.74, 6) is 6.03. The van der Waals surface area contributed by atoms with Crippen LogP contribution >= 0.6 is 15.9 Å². The molecule has 1 aromatic heterocycles. The highest BCUT2D eigenvalue weighted by molar-refractivity contribution is 9.10. The van der Waals surface area contributed by atoms with Gasteiger partial charge in [-0.05, 0) is 35.8 Å². The van der Waals surface area contributed by atoms with E-state index < -0.39 is 0 Å². The van der Waals surface area contributed by atoms with Gasteiger partial charge in [0.05, 0.1) is 10.5 Å². The minimum absolute atomic E-state index is 0.193. The van der Waals surface area contributed by atoms with Crippen LogP contribution in [0.3, 0.4) is 0 Å². The monoisotopic (exact) mass is 341 g/mol. The molecule has 1 heterocycles. The predicted molar refractivity (Wildman–Crippen MR) is 78.3 cm³/mol. The van der Waals surface area contributed by atoms with Crippen molar-refractivity contribution in [2.24, 2.45) is 5.84 Å². The average Bonchev–Trinajstić information content (AvgIpc) is 2.88. The summed E-state index contributed by atoms with van der Waals surface area (Å²) < 4.78 is 16.4. The highest BCUT2D eigenvalue weighted by Gasteiger charge is 2.19. The first kappa shape index (κ1) is 15.1. The van der Waals surface area contributed by atoms with E-state index in [2.05, 4.69) is 31.4 Å². The van der Waals surface area contributed by atoms with Gasteiger partial charge < -0.3 is 0 Å². The SMILES string of the molecule is CC(C)n1ncnc1CC(NN)c1cccc(Br)c1F. The van der Waals surface area contributed by atoms with Crippen molar-refractivity contribution in [2.75, 3.05) is 0 Å². The van der Waals surface area contributed by atoms with E-state index >= 15 is 0 Å². The van der Waals surface area contributed by atoms with E-state index in [0.717, 1.165) is 5.82 Å². The fourth-order valence-electron chi connectivity index (χ4n) is 2.08. The number of hydrazine groups is 1. The molecule has 0 fully saturated rings. The van der Waals surface area contributed by atoms with E-state index in [9.17, 15) is 4.39 Å². The van der Waals surface area contributed by atoms with Crippen LogP contribution < -0.4 is 11.3 Å². The van der Waals surface area contributed by atoms with Gasteiger partial charge in [0.1, 0.15) is 18.0 Å². The number of nitrogens with two attached hydrogens (primary N) is 1. The molecule has 0 saturated heterocycles. The zero-order valence-electron chi connectivity index (χ0n) is 11.3. The van der Waals surface area contributed by atoms with Crippen molar-refractivity contribution in [3.8, 4) is 0 Å². The maximum absolute atomic E-state index is 14.1. The summed E-state index contributed by atoms with van der Waals surface area (Å²) in [6.07, 6.45) is 1.96. The lowest BCUT2D eigenvalue weighted by Gasteiger charge is -2.18. The van der Waals surface area contributed by atoms with Crippen LogP contribution in [0.1, 0.15) is 37.3 Å². The van der Waals surface area contributed by atoms with Crippen LogP contribution in [-0.4, -0.2) is 14.8 Å². The lowest BCUT2D eigenvalue weighted by molar-refractivity contribution is 0.457. The Labute approximate surface area is 125 Å². The quantitative estimate of drug-likeness (QED) is 0.647. The topological polar surface area (TPSA) is 68.8 Å². The van der Waals surface area contributed by atoms with Gasteiger partial charge in [0.25, 0.3) is 0 Å². The van der Waals surface area contributed by atoms with Crippen molar-refractivity contribution in [1.29, 1.82) is 0 Å². The smallest absolute Gasteiger partial charge is 0.142 e. The molecule has 3 N–H and O–H groups in total. The Morgan fingerprint density at radius 3 is 2.85 bits per heavy atom. The summed E-state index contributed by atoms with van der Waals surface area (Å²) in [5.41, 5.74) is 3.15. The van der Waals surface area contributed by atoms with Crippen molar-refractivity contribution in [3.63, 3.8) is 0 Å². The standard InChI is InChI=1S/C13H17BrFN5/c1-8(2)20-12(17-7-18-20)6-11(19-16)9-4-3-5-10(14)13(9)15/h3-5,7-8,11,19H,6,16H2,1-2H3. The number of nitrogens with one attached hydrogen (secondary N) is 1. The van der Waals surface area contributed by atoms with E-state index in [4.69, 9.17) is 5.84 Å². The molecule has 108 valence electrons. The van der Waals surface area contributed by atoms with Crippen LogP contribution in [0.2, 0.25) is 0 Å². The second-order valence-corrected chi connectivity index (χ2v) is 5.64. The first-order valence-corrected chi connectivity index (χ1v) is 7.12. The Balaban J connectivity index is 2.29. The molecule has 0 bridgehead atoms. The molecule has 2 aromatic rings. The van der Waals surface area contributed by atoms with Crippen LogP contribution in [0.25, 0.3) is 0 Å². The molecule has 5 nitrogen and oxygen atoms in total. The highest BCUT2D eigenvalue weighted by atomic mass is 79.9. The zero-order chi connectivity index (χ0) is 14.7. The summed E-state index contributed by atoms with van der Waals surface area (Å²) in [6.45, 7) is 4.03. The summed E-state index contributed by atoms with van der Waals surface area (Å²) in [4.78, 5) is 4.22. The molecule has 20 heavy (non-hydrogen) atoms. The molecule has 0 aliphatic heterocycles. The van der Waals surface area contributed by atoms with Gasteiger partial charge in [-0.25, -0.2) is 14.1 Å². The van der Waals surface area contributed by atoms with Crippen LogP contribution in [-0.2, 0) is 6.42 Å². The Morgan fingerprint density at radius 2 is 2.20 bits per heavy atom. The molecule has 7 heteroatoms. The number of nitrogens with zero attached hydrogens (tertiary/aromatic N) is 3. The second-order valence-electron chi connectivity index (χ2n) is 4.78. The van der Waals surface area contributed by atoms with Gasteiger partial charge in [-0.2, -0.15) is 5.10 Å². The number of halogens is 2. The molecule has 1 unspecified atom stereocenters. The molecule has 0 aliphatic carbocycles. The molecule has 1 atom stereocenters. The van der Waals surface area contributed by atoms with Crippen molar-refractivity contribution in [1.82, 2.24) is 20.2 Å². The van der Waals surface area contributed by atoms with Gasteiger partial charge in [0, 0.05) is 18.0 Å². The maximum atomic E-state index is 14.1. The van der Waals surface area contributed by atoms with E-state index in [1.807, 2.05) is 13.8 Å². The Hall–Kier alpha value is -1.31. The Morgan fingerprint density at radius 1 is 1.45 bits per heavy atom. The van der Waals surface area contributed by atoms with E-state index in [0.29, 0.717) is 16.5 Å². The van der Waals surface area contributed by atoms with Gasteiger partial charge in [-0.3, -0.25) is 11.3 Å². The summed E-state index contributed by atoms with van der Waals surface area (Å²) in [5, 5.41) is 4.17. The summed E-state index contributed by atoms with van der Waals surface area (Å²) >= 11 is 3.18. The lowest BCUT2D eigenvalue weighted by atomic mass is 10.0. The number of benzene rings is 1. The largest absolute Gasteiger partial charge is 0.271 e. The second kappa shape index (κ2) is 6.43. The summed E-state index contributed by atoms with van der Waals surface area (Å²) in [6, 6.07) is 4.97. The first-order chi connectivity index (χ1) is 9.54. The van der Waals surface area contributed by atoms with Crippen molar-refractivity contribution >= 4 is 15.9 Å². The molecule has 0 radical (unpaired) electrons. The van der Waals surface area contributed by atoms with Gasteiger partial charge in [-0.1, -0.05) is 12.1 Å². The van der Waals surface area contributed by atoms with E-state index in [-0.39, 0.29) is 17.9 Å². The van der Waals surface area contributed by atoms with Gasteiger partial charge in [-0.15, -0.1) is 0 Å². The highest BCUT2D eigenvalue weighted by Crippen LogP contribution is 2.25.